The van der Waals surface area contributed by atoms with Gasteiger partial charge in [0.15, 0.2) is 0 Å². The Morgan fingerprint density at radius 1 is 1.07 bits per heavy atom. The fourth-order valence-corrected chi connectivity index (χ4v) is 2.10. The number of hydrazine groups is 1. The monoisotopic (exact) mass is 382 g/mol. The summed E-state index contributed by atoms with van der Waals surface area (Å²) in [6.07, 6.45) is 2.88. The van der Waals surface area contributed by atoms with E-state index in [0.717, 1.165) is 6.08 Å². The first-order chi connectivity index (χ1) is 13.4. The summed E-state index contributed by atoms with van der Waals surface area (Å²) in [5, 5.41) is 13.4. The Labute approximate surface area is 160 Å². The number of non-ortho nitro benzene ring substituents is 1. The Morgan fingerprint density at radius 2 is 1.79 bits per heavy atom. The van der Waals surface area contributed by atoms with E-state index < -0.39 is 16.7 Å². The lowest BCUT2D eigenvalue weighted by Gasteiger charge is -2.07. The Balaban J connectivity index is 1.88. The highest BCUT2D eigenvalue weighted by atomic mass is 16.6. The van der Waals surface area contributed by atoms with Crippen LogP contribution in [-0.4, -0.2) is 22.6 Å². The van der Waals surface area contributed by atoms with Crippen molar-refractivity contribution in [2.24, 2.45) is 0 Å². The van der Waals surface area contributed by atoms with Crippen LogP contribution in [0, 0.1) is 10.1 Å². The number of anilines is 1. The first-order valence-corrected chi connectivity index (χ1v) is 8.32. The van der Waals surface area contributed by atoms with Crippen molar-refractivity contribution in [2.75, 3.05) is 5.32 Å². The smallest absolute Gasteiger partial charge is 0.270 e. The van der Waals surface area contributed by atoms with Crippen molar-refractivity contribution in [3.8, 4) is 0 Å². The van der Waals surface area contributed by atoms with Gasteiger partial charge < -0.3 is 5.32 Å². The fraction of sp³-hybridized carbons (Fsp3) is 0.105. The third kappa shape index (κ3) is 6.06. The number of hydrogen-bond donors (Lipinski definition) is 3. The second kappa shape index (κ2) is 9.62. The average Bonchev–Trinajstić information content (AvgIpc) is 2.71. The zero-order valence-corrected chi connectivity index (χ0v) is 15.0. The molecule has 0 aliphatic carbocycles. The van der Waals surface area contributed by atoms with E-state index in [1.807, 2.05) is 0 Å². The maximum atomic E-state index is 12.0. The molecule has 0 heterocycles. The largest absolute Gasteiger partial charge is 0.326 e. The van der Waals surface area contributed by atoms with Crippen molar-refractivity contribution in [1.82, 2.24) is 10.9 Å². The van der Waals surface area contributed by atoms with E-state index in [0.29, 0.717) is 17.7 Å². The van der Waals surface area contributed by atoms with E-state index >= 15 is 0 Å². The molecule has 0 atom stereocenters. The molecule has 0 aromatic heterocycles. The Hall–Kier alpha value is -4.01. The summed E-state index contributed by atoms with van der Waals surface area (Å²) in [7, 11) is 0. The van der Waals surface area contributed by atoms with E-state index in [4.69, 9.17) is 0 Å². The van der Waals surface area contributed by atoms with Gasteiger partial charge in [-0.15, -0.1) is 0 Å². The van der Waals surface area contributed by atoms with Crippen LogP contribution in [0.2, 0.25) is 0 Å². The van der Waals surface area contributed by atoms with Crippen LogP contribution in [0.25, 0.3) is 6.08 Å². The number of carbonyl (C=O) groups is 3. The van der Waals surface area contributed by atoms with E-state index in [2.05, 4.69) is 16.2 Å². The third-order valence-corrected chi connectivity index (χ3v) is 3.56. The topological polar surface area (TPSA) is 130 Å². The van der Waals surface area contributed by atoms with Gasteiger partial charge in [-0.05, 0) is 35.9 Å². The number of amides is 3. The fourth-order valence-electron chi connectivity index (χ4n) is 2.10. The van der Waals surface area contributed by atoms with Crippen molar-refractivity contribution in [2.45, 2.75) is 13.3 Å². The minimum absolute atomic E-state index is 0.0885. The number of benzene rings is 2. The van der Waals surface area contributed by atoms with Gasteiger partial charge in [-0.25, -0.2) is 0 Å². The number of hydrogen-bond acceptors (Lipinski definition) is 5. The molecular formula is C19H18N4O5. The molecule has 0 fully saturated rings. The number of carbonyl (C=O) groups excluding carboxylic acids is 3. The van der Waals surface area contributed by atoms with Crippen LogP contribution in [0.4, 0.5) is 11.4 Å². The average molecular weight is 382 g/mol. The quantitative estimate of drug-likeness (QED) is 0.401. The summed E-state index contributed by atoms with van der Waals surface area (Å²) in [6, 6.07) is 11.9. The van der Waals surface area contributed by atoms with Gasteiger partial charge in [0.2, 0.25) is 5.91 Å². The lowest BCUT2D eigenvalue weighted by Crippen LogP contribution is -2.40. The predicted molar refractivity (Wildman–Crippen MR) is 103 cm³/mol. The van der Waals surface area contributed by atoms with Crippen LogP contribution >= 0.6 is 0 Å². The van der Waals surface area contributed by atoms with Crippen molar-refractivity contribution in [1.29, 1.82) is 0 Å². The molecule has 3 amide bonds. The molecule has 9 nitrogen and oxygen atoms in total. The molecule has 0 aliphatic rings. The van der Waals surface area contributed by atoms with Crippen molar-refractivity contribution >= 4 is 35.2 Å². The molecule has 9 heteroatoms. The second-order valence-electron chi connectivity index (χ2n) is 5.61. The minimum atomic E-state index is -0.605. The number of nitrogens with zero attached hydrogens (tertiary/aromatic N) is 1. The first-order valence-electron chi connectivity index (χ1n) is 8.32. The molecule has 3 N–H and O–H groups in total. The molecule has 0 spiro atoms. The van der Waals surface area contributed by atoms with Crippen LogP contribution in [0.1, 0.15) is 29.3 Å². The number of nitrogens with one attached hydrogen (secondary N) is 3. The van der Waals surface area contributed by atoms with E-state index in [-0.39, 0.29) is 17.2 Å². The second-order valence-corrected chi connectivity index (χ2v) is 5.61. The summed E-state index contributed by atoms with van der Waals surface area (Å²) < 4.78 is 0. The summed E-state index contributed by atoms with van der Waals surface area (Å²) in [4.78, 5) is 45.3. The highest BCUT2D eigenvalue weighted by Gasteiger charge is 2.07. The summed E-state index contributed by atoms with van der Waals surface area (Å²) in [6.45, 7) is 1.73. The van der Waals surface area contributed by atoms with Gasteiger partial charge in [0, 0.05) is 35.9 Å². The van der Waals surface area contributed by atoms with E-state index in [9.17, 15) is 24.5 Å². The van der Waals surface area contributed by atoms with Crippen LogP contribution in [0.3, 0.4) is 0 Å². The van der Waals surface area contributed by atoms with Crippen LogP contribution in [0.5, 0.6) is 0 Å². The lowest BCUT2D eigenvalue weighted by atomic mass is 10.2. The Morgan fingerprint density at radius 3 is 2.43 bits per heavy atom. The van der Waals surface area contributed by atoms with Crippen molar-refractivity contribution in [3.05, 3.63) is 75.8 Å². The van der Waals surface area contributed by atoms with Gasteiger partial charge in [-0.1, -0.05) is 19.1 Å². The van der Waals surface area contributed by atoms with Gasteiger partial charge >= 0.3 is 0 Å². The zero-order valence-electron chi connectivity index (χ0n) is 15.0. The molecule has 2 aromatic carbocycles. The summed E-state index contributed by atoms with van der Waals surface area (Å²) in [5.74, 6) is -1.28. The van der Waals surface area contributed by atoms with Crippen LogP contribution in [0.15, 0.2) is 54.6 Å². The van der Waals surface area contributed by atoms with Crippen LogP contribution < -0.4 is 16.2 Å². The lowest BCUT2D eigenvalue weighted by molar-refractivity contribution is -0.384. The van der Waals surface area contributed by atoms with Gasteiger partial charge in [0.05, 0.1) is 4.92 Å². The number of nitro benzene ring substituents is 1. The summed E-state index contributed by atoms with van der Waals surface area (Å²) >= 11 is 0. The maximum Gasteiger partial charge on any atom is 0.270 e. The highest BCUT2D eigenvalue weighted by Crippen LogP contribution is 2.14. The standard InChI is InChI=1S/C19H18N4O5/c1-2-17(24)20-15-9-7-14(8-10-15)19(26)22-21-18(25)11-6-13-4-3-5-16(12-13)23(27)28/h3-12H,2H2,1H3,(H,20,24)(H,21,25)(H,22,26). The number of rotatable bonds is 6. The van der Waals surface area contributed by atoms with Gasteiger partial charge in [0.1, 0.15) is 0 Å². The normalized spacial score (nSPS) is 10.3. The first kappa shape index (κ1) is 20.3. The maximum absolute atomic E-state index is 12.0. The van der Waals surface area contributed by atoms with Gasteiger partial charge in [-0.2, -0.15) is 0 Å². The predicted octanol–water partition coefficient (Wildman–Crippen LogP) is 2.42. The SMILES string of the molecule is CCC(=O)Nc1ccc(C(=O)NNC(=O)C=Cc2cccc([N+](=O)[O-])c2)cc1. The molecule has 0 saturated heterocycles. The molecule has 2 rings (SSSR count). The molecule has 28 heavy (non-hydrogen) atoms. The molecule has 0 aliphatic heterocycles. The molecule has 0 bridgehead atoms. The molecule has 0 unspecified atom stereocenters. The zero-order chi connectivity index (χ0) is 20.5. The Kier molecular flexibility index (Phi) is 6.98. The van der Waals surface area contributed by atoms with E-state index in [1.165, 1.54) is 36.4 Å². The van der Waals surface area contributed by atoms with Crippen LogP contribution in [-0.2, 0) is 9.59 Å². The molecule has 2 aromatic rings. The molecule has 0 radical (unpaired) electrons. The molecule has 144 valence electrons. The van der Waals surface area contributed by atoms with Crippen molar-refractivity contribution in [3.63, 3.8) is 0 Å². The van der Waals surface area contributed by atoms with Gasteiger partial charge in [0.25, 0.3) is 17.5 Å². The number of nitro groups is 1. The van der Waals surface area contributed by atoms with E-state index in [1.54, 1.807) is 25.1 Å². The summed E-state index contributed by atoms with van der Waals surface area (Å²) in [5.41, 5.74) is 5.70. The highest BCUT2D eigenvalue weighted by molar-refractivity contribution is 5.98. The molecular weight excluding hydrogens is 364 g/mol. The molecule has 0 saturated carbocycles. The van der Waals surface area contributed by atoms with Crippen molar-refractivity contribution < 1.29 is 19.3 Å². The minimum Gasteiger partial charge on any atom is -0.326 e. The Bertz CT molecular complexity index is 922. The third-order valence-electron chi connectivity index (χ3n) is 3.56. The van der Waals surface area contributed by atoms with Gasteiger partial charge in [-0.3, -0.25) is 35.3 Å².